The standard InChI is InChI=1S/C42H67NO10.C41H65NO10.C28H22Cl2FNO3/c1-11-26-13-12-14-35(53-37-16-15-34(43(6)7)24(4)49-37)23(3)38(45)33-20-31-29(32(33)21-36(44)51-26)17-22(2)28-18-27(19-30(28)31)52-42-41(48-10)40(47-9)39(46-8)25(5)50-42;1-10-26-12-11-13-34(52-36-17-16-33(42(5)6)23(3)48-36)22(2)37(44)32-20-30-28(31(32)21-35(43)50-26)15-14-25-18-27(19-29(25)30)51-41-40(47-9)39(46-8)38(45-7)24(4)49-41;1-28(2)21(15-22(30)17-8-11-19(29)12-9-17)26(28)27(33)35-25(16-32)18-10-13-23(31)24(14-18)34-20-6-4-3-5-7-20/h17,20,23-32,34-35,37,39-42H,11-16,18-19,21H2,1-10H3;14-15,20,22-31,33-34,36,38-41H,10-13,16-19,21H2,1-9H3;3-15,21,25-26H,1-2H3/b;;22-15-/t23-,24-,25+,26+,27-,28+,29-,30-,31-,32+,34+,35+,37+,39+,40-,41-,42+;22-,23-,24+,25-,26+,27-,28-,29-,30-,31+,33+,34+,36+,38+,39-,40-,41+;/m11./s1. The molecule has 0 spiro atoms. The summed E-state index contributed by atoms with van der Waals surface area (Å²) in [5.41, 5.74) is 3.55. The van der Waals surface area contributed by atoms with E-state index in [1.54, 1.807) is 91.2 Å². The van der Waals surface area contributed by atoms with Gasteiger partial charge in [-0.05, 0) is 277 Å². The predicted molar refractivity (Wildman–Crippen MR) is 526 cm³/mol. The van der Waals surface area contributed by atoms with Crippen molar-refractivity contribution in [3.05, 3.63) is 148 Å². The first-order chi connectivity index (χ1) is 67.0. The first kappa shape index (κ1) is 109. The van der Waals surface area contributed by atoms with Gasteiger partial charge in [0.15, 0.2) is 48.3 Å². The number of Topliss-reactive ketones (excluding diaryl/α,β-unsaturated/α-hetero) is 2. The Morgan fingerprint density at radius 1 is 0.557 bits per heavy atom. The quantitative estimate of drug-likeness (QED) is 0.0433. The summed E-state index contributed by atoms with van der Waals surface area (Å²) in [5, 5.41) is 10.8. The smallest absolute Gasteiger partial charge is 0.311 e. The van der Waals surface area contributed by atoms with Gasteiger partial charge in [0.05, 0.1) is 67.6 Å². The van der Waals surface area contributed by atoms with Crippen LogP contribution in [0.5, 0.6) is 11.5 Å². The lowest BCUT2D eigenvalue weighted by Gasteiger charge is -2.44. The maximum absolute atomic E-state index is 14.7. The summed E-state index contributed by atoms with van der Waals surface area (Å²) >= 11 is 12.4. The monoisotopic (exact) mass is 1990 g/mol. The molecule has 0 amide bonds. The molecule has 3 unspecified atom stereocenters. The first-order valence-corrected chi connectivity index (χ1v) is 52.1. The molecule has 6 saturated heterocycles. The van der Waals surface area contributed by atoms with E-state index in [0.29, 0.717) is 58.1 Å². The average Bonchev–Trinajstić information content (AvgIpc) is 1.56. The summed E-state index contributed by atoms with van der Waals surface area (Å²) in [4.78, 5) is 73.9. The van der Waals surface area contributed by atoms with Gasteiger partial charge in [-0.15, -0.1) is 0 Å². The molecule has 140 heavy (non-hydrogen) atoms. The number of carbonyl (C=O) groups is 5. The fourth-order valence-electron chi connectivity index (χ4n) is 25.2. The highest BCUT2D eigenvalue weighted by molar-refractivity contribution is 6.48. The number of carbonyl (C=O) groups excluding carboxylic acids is 5. The van der Waals surface area contributed by atoms with Crippen LogP contribution in [0.25, 0.3) is 5.03 Å². The van der Waals surface area contributed by atoms with Crippen LogP contribution in [0, 0.1) is 105 Å². The number of rotatable bonds is 25. The van der Waals surface area contributed by atoms with Gasteiger partial charge in [0.25, 0.3) is 0 Å². The van der Waals surface area contributed by atoms with Crippen molar-refractivity contribution in [2.45, 2.75) is 333 Å². The summed E-state index contributed by atoms with van der Waals surface area (Å²) in [6, 6.07) is 22.4. The highest BCUT2D eigenvalue weighted by Gasteiger charge is 2.63. The van der Waals surface area contributed by atoms with Gasteiger partial charge >= 0.3 is 17.9 Å². The lowest BCUT2D eigenvalue weighted by molar-refractivity contribution is -0.314. The molecule has 3 aromatic rings. The van der Waals surface area contributed by atoms with Crippen molar-refractivity contribution in [1.29, 1.82) is 5.26 Å². The Kier molecular flexibility index (Phi) is 37.9. The first-order valence-electron chi connectivity index (χ1n) is 51.3. The van der Waals surface area contributed by atoms with E-state index >= 15 is 0 Å². The number of para-hydroxylation sites is 1. The second kappa shape index (κ2) is 48.7. The normalized spacial score (nSPS) is 39.0. The van der Waals surface area contributed by atoms with Crippen molar-refractivity contribution < 1.29 is 114 Å². The largest absolute Gasteiger partial charge is 0.462 e. The van der Waals surface area contributed by atoms with Gasteiger partial charge in [0.1, 0.15) is 60.7 Å². The minimum atomic E-state index is -1.21. The Morgan fingerprint density at radius 2 is 1.05 bits per heavy atom. The molecular formula is C111H154Cl2FN3O23. The zero-order valence-electron chi connectivity index (χ0n) is 85.8. The van der Waals surface area contributed by atoms with E-state index in [4.69, 9.17) is 108 Å². The topological polar surface area (TPSA) is 282 Å². The van der Waals surface area contributed by atoms with Crippen LogP contribution >= 0.6 is 23.2 Å². The van der Waals surface area contributed by atoms with E-state index in [0.717, 1.165) is 107 Å². The Labute approximate surface area is 839 Å². The fourth-order valence-corrected chi connectivity index (χ4v) is 25.6. The molecule has 9 fully saturated rings. The number of halogens is 3. The minimum Gasteiger partial charge on any atom is -0.462 e. The highest BCUT2D eigenvalue weighted by Crippen LogP contribution is 2.62. The number of cyclic esters (lactones) is 2. The summed E-state index contributed by atoms with van der Waals surface area (Å²) in [6.45, 7) is 22.4. The molecule has 0 aromatic heterocycles. The third-order valence-electron chi connectivity index (χ3n) is 33.1. The molecule has 16 rings (SSSR count). The summed E-state index contributed by atoms with van der Waals surface area (Å²) in [5.74, 6) is -1.33. The molecule has 6 heterocycles. The third kappa shape index (κ3) is 24.9. The number of hydrogen-bond acceptors (Lipinski definition) is 26. The molecule has 6 aliphatic heterocycles. The Bertz CT molecular complexity index is 4870. The number of fused-ring (bicyclic) bond motifs is 10. The number of esters is 3. The van der Waals surface area contributed by atoms with Gasteiger partial charge in [-0.3, -0.25) is 24.0 Å². The van der Waals surface area contributed by atoms with Crippen molar-refractivity contribution in [2.24, 2.45) is 88.3 Å². The van der Waals surface area contributed by atoms with Crippen molar-refractivity contribution >= 4 is 57.7 Å². The number of methoxy groups -OCH3 is 6. The van der Waals surface area contributed by atoms with Gasteiger partial charge in [-0.2, -0.15) is 5.26 Å². The molecule has 3 aromatic carbocycles. The molecule has 0 N–H and O–H groups in total. The molecule has 13 aliphatic rings. The van der Waals surface area contributed by atoms with Crippen LogP contribution in [0.3, 0.4) is 0 Å². The molecule has 29 heteroatoms. The maximum atomic E-state index is 14.7. The van der Waals surface area contributed by atoms with Crippen LogP contribution in [-0.4, -0.2) is 245 Å². The van der Waals surface area contributed by atoms with E-state index in [9.17, 15) is 33.6 Å². The summed E-state index contributed by atoms with van der Waals surface area (Å²) in [7, 11) is 18.3. The molecular weight excluding hydrogens is 1830 g/mol. The number of hydrogen-bond donors (Lipinski definition) is 0. The molecule has 0 bridgehead atoms. The zero-order valence-corrected chi connectivity index (χ0v) is 87.4. The van der Waals surface area contributed by atoms with E-state index in [-0.39, 0.29) is 205 Å². The van der Waals surface area contributed by atoms with E-state index in [1.165, 1.54) is 23.8 Å². The van der Waals surface area contributed by atoms with Crippen LogP contribution in [0.4, 0.5) is 4.39 Å². The van der Waals surface area contributed by atoms with Crippen LogP contribution in [0.15, 0.2) is 126 Å². The lowest BCUT2D eigenvalue weighted by atomic mass is 9.67. The SMILES string of the molecule is CC1(C)C(/C=C(\Cl)c2ccc(Cl)cc2)C1C(=O)OC(C#N)c1ccc(F)c(Oc2ccccc2)c1.CC[C@H]1CCC[C@H](O[C@H]2CC[C@H](N(C)C)[C@@H](C)O2)[C@@H](C)C(=O)C2=C[C@@H]3[C@@H](C=C(C)[C@@H]4C[C@@H](O[C@@H]5O[C@@H](C)[C@H](OC)[C@@H](OC)[C@H]5OC)C[C@@H]34)[C@@H]2CC(=O)O1.CC[C@H]1CCC[C@H](O[C@H]2CC[C@H](N(C)C)[C@@H](C)O2)[C@@H](C)C(=O)C2=C[C@@H]3[C@@H](C=C[C@@H]4C[C@@H](O[C@@H]5O[C@@H](C)[C@H](OC)[C@@H](OC)[C@H]5OC)C[C@@H]34)[C@@H]2CC(=O)O1. The molecule has 3 saturated carbocycles. The zero-order chi connectivity index (χ0) is 101. The molecule has 26 nitrogen and oxygen atoms in total. The van der Waals surface area contributed by atoms with Crippen LogP contribution in [-0.2, 0) is 104 Å². The van der Waals surface area contributed by atoms with Gasteiger partial charge in [-0.25, -0.2) is 4.39 Å². The minimum absolute atomic E-state index is 0.0364. The van der Waals surface area contributed by atoms with Crippen molar-refractivity contribution in [1.82, 2.24) is 9.80 Å². The second-order valence-electron chi connectivity index (χ2n) is 42.4. The number of nitriles is 1. The number of ether oxygens (including phenoxy) is 18. The maximum Gasteiger partial charge on any atom is 0.311 e. The molecule has 7 aliphatic carbocycles. The third-order valence-corrected chi connectivity index (χ3v) is 33.7. The summed E-state index contributed by atoms with van der Waals surface area (Å²) in [6.07, 6.45) is 20.0. The lowest BCUT2D eigenvalue weighted by Crippen LogP contribution is -2.59. The highest BCUT2D eigenvalue weighted by atomic mass is 35.5. The Hall–Kier alpha value is -6.73. The van der Waals surface area contributed by atoms with Crippen LogP contribution in [0.2, 0.25) is 5.02 Å². The Balaban J connectivity index is 0.000000171. The predicted octanol–water partition coefficient (Wildman–Crippen LogP) is 19.3. The second-order valence-corrected chi connectivity index (χ2v) is 43.2. The molecule has 772 valence electrons. The van der Waals surface area contributed by atoms with Gasteiger partial charge in [0, 0.05) is 94.0 Å². The van der Waals surface area contributed by atoms with Crippen molar-refractivity contribution in [2.75, 3.05) is 70.8 Å². The van der Waals surface area contributed by atoms with Crippen LogP contribution in [0.1, 0.15) is 209 Å². The van der Waals surface area contributed by atoms with Gasteiger partial charge < -0.3 is 95.1 Å². The van der Waals surface area contributed by atoms with Crippen LogP contribution < -0.4 is 4.74 Å². The van der Waals surface area contributed by atoms with E-state index in [1.807, 2.05) is 59.8 Å². The van der Waals surface area contributed by atoms with Gasteiger partial charge in [-0.1, -0.05) is 143 Å². The van der Waals surface area contributed by atoms with E-state index in [2.05, 4.69) is 103 Å². The van der Waals surface area contributed by atoms with Crippen molar-refractivity contribution in [3.8, 4) is 17.6 Å². The van der Waals surface area contributed by atoms with Gasteiger partial charge in [0.2, 0.25) is 6.10 Å². The number of likely N-dealkylation sites (N-methyl/N-ethyl adjacent to an activating group) is 2. The number of allylic oxidation sites excluding steroid dienone is 9. The van der Waals surface area contributed by atoms with Crippen molar-refractivity contribution in [3.63, 3.8) is 0 Å². The number of benzene rings is 3. The summed E-state index contributed by atoms with van der Waals surface area (Å²) < 4.78 is 125. The number of nitrogens with zero attached hydrogens (tertiary/aromatic N) is 3. The average molecular weight is 1990 g/mol. The van der Waals surface area contributed by atoms with E-state index < -0.39 is 54.0 Å². The fraction of sp³-hybridized carbons (Fsp3) is 0.694. The number of ketones is 2. The Morgan fingerprint density at radius 3 is 1.54 bits per heavy atom. The molecule has 0 radical (unpaired) electrons. The molecule has 37 atom stereocenters.